The highest BCUT2D eigenvalue weighted by Crippen LogP contribution is 2.30. The van der Waals surface area contributed by atoms with Crippen LogP contribution in [0.3, 0.4) is 0 Å². The second-order valence-corrected chi connectivity index (χ2v) is 5.64. The van der Waals surface area contributed by atoms with E-state index in [-0.39, 0.29) is 5.75 Å². The molecule has 0 amide bonds. The Balaban J connectivity index is 1.71. The minimum atomic E-state index is 0.265. The van der Waals surface area contributed by atoms with E-state index < -0.39 is 0 Å². The van der Waals surface area contributed by atoms with Crippen molar-refractivity contribution >= 4 is 11.8 Å². The summed E-state index contributed by atoms with van der Waals surface area (Å²) in [7, 11) is 0. The summed E-state index contributed by atoms with van der Waals surface area (Å²) in [5, 5.41) is 17.8. The van der Waals surface area contributed by atoms with Crippen LogP contribution in [0.25, 0.3) is 11.5 Å². The van der Waals surface area contributed by atoms with Crippen LogP contribution < -0.4 is 0 Å². The molecule has 5 heteroatoms. The molecule has 0 unspecified atom stereocenters. The minimum Gasteiger partial charge on any atom is -0.507 e. The first-order valence-electron chi connectivity index (χ1n) is 6.52. The first kappa shape index (κ1) is 13.7. The van der Waals surface area contributed by atoms with E-state index >= 15 is 0 Å². The van der Waals surface area contributed by atoms with Gasteiger partial charge in [0.2, 0.25) is 11.8 Å². The quantitative estimate of drug-likeness (QED) is 0.736. The molecular weight excluding hydrogens is 284 g/mol. The number of para-hydroxylation sites is 1. The van der Waals surface area contributed by atoms with Gasteiger partial charge in [0.1, 0.15) is 5.75 Å². The van der Waals surface area contributed by atoms with Gasteiger partial charge in [-0.05, 0) is 31.2 Å². The summed E-state index contributed by atoms with van der Waals surface area (Å²) < 4.78 is 5.65. The van der Waals surface area contributed by atoms with E-state index in [1.807, 2.05) is 43.3 Å². The molecule has 3 rings (SSSR count). The molecule has 0 spiro atoms. The molecule has 1 aromatic heterocycles. The zero-order valence-corrected chi connectivity index (χ0v) is 12.3. The Morgan fingerprint density at radius 1 is 1.05 bits per heavy atom. The van der Waals surface area contributed by atoms with Gasteiger partial charge in [0.05, 0.1) is 5.75 Å². The van der Waals surface area contributed by atoms with E-state index in [0.717, 1.165) is 10.5 Å². The van der Waals surface area contributed by atoms with Gasteiger partial charge in [-0.25, -0.2) is 0 Å². The standard InChI is InChI=1S/C16H14N2O2S/c1-11-6-8-12(9-7-11)16-18-17-15(20-16)10-21-14-5-3-2-4-13(14)19/h2-9,19H,10H2,1H3. The third-order valence-electron chi connectivity index (χ3n) is 2.98. The average Bonchev–Trinajstić information content (AvgIpc) is 2.96. The van der Waals surface area contributed by atoms with Gasteiger partial charge >= 0.3 is 0 Å². The van der Waals surface area contributed by atoms with Crippen LogP contribution in [0.2, 0.25) is 0 Å². The number of benzene rings is 2. The number of aromatic hydroxyl groups is 1. The number of hydrogen-bond acceptors (Lipinski definition) is 5. The topological polar surface area (TPSA) is 59.2 Å². The number of phenols is 1. The lowest BCUT2D eigenvalue weighted by Gasteiger charge is -2.00. The Morgan fingerprint density at radius 2 is 1.81 bits per heavy atom. The summed E-state index contributed by atoms with van der Waals surface area (Å²) in [6, 6.07) is 15.1. The van der Waals surface area contributed by atoms with Crippen LogP contribution in [0.4, 0.5) is 0 Å². The lowest BCUT2D eigenvalue weighted by atomic mass is 10.1. The van der Waals surface area contributed by atoms with E-state index in [1.165, 1.54) is 17.3 Å². The molecule has 0 radical (unpaired) electrons. The third-order valence-corrected chi connectivity index (χ3v) is 4.03. The second kappa shape index (κ2) is 6.01. The van der Waals surface area contributed by atoms with Crippen molar-refractivity contribution in [3.63, 3.8) is 0 Å². The molecule has 0 fully saturated rings. The highest BCUT2D eigenvalue weighted by atomic mass is 32.2. The SMILES string of the molecule is Cc1ccc(-c2nnc(CSc3ccccc3O)o2)cc1. The Bertz CT molecular complexity index is 738. The summed E-state index contributed by atoms with van der Waals surface area (Å²) in [6.07, 6.45) is 0. The number of hydrogen-bond donors (Lipinski definition) is 1. The fourth-order valence-electron chi connectivity index (χ4n) is 1.84. The maximum atomic E-state index is 9.71. The predicted molar refractivity (Wildman–Crippen MR) is 82.1 cm³/mol. The molecule has 0 aliphatic carbocycles. The van der Waals surface area contributed by atoms with Gasteiger partial charge in [-0.15, -0.1) is 22.0 Å². The molecular formula is C16H14N2O2S. The van der Waals surface area contributed by atoms with Crippen molar-refractivity contribution < 1.29 is 9.52 Å². The normalized spacial score (nSPS) is 10.7. The zero-order valence-electron chi connectivity index (χ0n) is 11.5. The molecule has 1 heterocycles. The highest BCUT2D eigenvalue weighted by molar-refractivity contribution is 7.98. The molecule has 0 saturated carbocycles. The van der Waals surface area contributed by atoms with Crippen LogP contribution in [0.15, 0.2) is 57.8 Å². The number of nitrogens with zero attached hydrogens (tertiary/aromatic N) is 2. The maximum Gasteiger partial charge on any atom is 0.247 e. The molecule has 0 atom stereocenters. The Morgan fingerprint density at radius 3 is 2.57 bits per heavy atom. The summed E-state index contributed by atoms with van der Waals surface area (Å²) in [4.78, 5) is 0.799. The largest absolute Gasteiger partial charge is 0.507 e. The summed E-state index contributed by atoms with van der Waals surface area (Å²) in [5.41, 5.74) is 2.10. The fourth-order valence-corrected chi connectivity index (χ4v) is 2.63. The van der Waals surface area contributed by atoms with Crippen molar-refractivity contribution in [1.82, 2.24) is 10.2 Å². The van der Waals surface area contributed by atoms with Crippen molar-refractivity contribution in [2.24, 2.45) is 0 Å². The maximum absolute atomic E-state index is 9.71. The molecule has 0 bridgehead atoms. The van der Waals surface area contributed by atoms with Crippen molar-refractivity contribution in [1.29, 1.82) is 0 Å². The van der Waals surface area contributed by atoms with Gasteiger partial charge in [-0.2, -0.15) is 0 Å². The summed E-state index contributed by atoms with van der Waals surface area (Å²) >= 11 is 1.46. The summed E-state index contributed by atoms with van der Waals surface area (Å²) in [5.74, 6) is 1.85. The predicted octanol–water partition coefficient (Wildman–Crippen LogP) is 4.04. The van der Waals surface area contributed by atoms with Crippen LogP contribution in [0.1, 0.15) is 11.5 Å². The Labute approximate surface area is 126 Å². The Kier molecular flexibility index (Phi) is 3.92. The number of rotatable bonds is 4. The Hall–Kier alpha value is -2.27. The smallest absolute Gasteiger partial charge is 0.247 e. The molecule has 21 heavy (non-hydrogen) atoms. The van der Waals surface area contributed by atoms with Gasteiger partial charge in [0, 0.05) is 10.5 Å². The molecule has 1 N–H and O–H groups in total. The van der Waals surface area contributed by atoms with Gasteiger partial charge in [0.25, 0.3) is 0 Å². The fraction of sp³-hybridized carbons (Fsp3) is 0.125. The number of aryl methyl sites for hydroxylation is 1. The van der Waals surface area contributed by atoms with Crippen LogP contribution >= 0.6 is 11.8 Å². The molecule has 0 aliphatic rings. The second-order valence-electron chi connectivity index (χ2n) is 4.62. The number of aromatic nitrogens is 2. The first-order chi connectivity index (χ1) is 10.2. The molecule has 3 aromatic rings. The monoisotopic (exact) mass is 298 g/mol. The van der Waals surface area contributed by atoms with Gasteiger partial charge in [0.15, 0.2) is 0 Å². The number of phenolic OH excluding ortho intramolecular Hbond substituents is 1. The molecule has 0 aliphatic heterocycles. The highest BCUT2D eigenvalue weighted by Gasteiger charge is 2.09. The lowest BCUT2D eigenvalue weighted by Crippen LogP contribution is -1.80. The van der Waals surface area contributed by atoms with Gasteiger partial charge in [-0.1, -0.05) is 29.8 Å². The summed E-state index contributed by atoms with van der Waals surface area (Å²) in [6.45, 7) is 2.03. The molecule has 2 aromatic carbocycles. The van der Waals surface area contributed by atoms with E-state index in [4.69, 9.17) is 4.42 Å². The van der Waals surface area contributed by atoms with Crippen LogP contribution in [0.5, 0.6) is 5.75 Å². The van der Waals surface area contributed by atoms with E-state index in [1.54, 1.807) is 12.1 Å². The first-order valence-corrected chi connectivity index (χ1v) is 7.51. The van der Waals surface area contributed by atoms with Crippen LogP contribution in [-0.2, 0) is 5.75 Å². The average molecular weight is 298 g/mol. The molecule has 4 nitrogen and oxygen atoms in total. The zero-order chi connectivity index (χ0) is 14.7. The number of thioether (sulfide) groups is 1. The van der Waals surface area contributed by atoms with Crippen LogP contribution in [0, 0.1) is 6.92 Å². The van der Waals surface area contributed by atoms with E-state index in [2.05, 4.69) is 10.2 Å². The third kappa shape index (κ3) is 3.25. The van der Waals surface area contributed by atoms with Crippen molar-refractivity contribution in [3.8, 4) is 17.2 Å². The molecule has 0 saturated heterocycles. The minimum absolute atomic E-state index is 0.265. The van der Waals surface area contributed by atoms with Gasteiger partial charge in [-0.3, -0.25) is 0 Å². The van der Waals surface area contributed by atoms with E-state index in [9.17, 15) is 5.11 Å². The van der Waals surface area contributed by atoms with Crippen molar-refractivity contribution in [2.75, 3.05) is 0 Å². The van der Waals surface area contributed by atoms with Gasteiger partial charge < -0.3 is 9.52 Å². The van der Waals surface area contributed by atoms with E-state index in [0.29, 0.717) is 17.5 Å². The lowest BCUT2D eigenvalue weighted by molar-refractivity contribution is 0.462. The van der Waals surface area contributed by atoms with Crippen LogP contribution in [-0.4, -0.2) is 15.3 Å². The van der Waals surface area contributed by atoms with Crippen molar-refractivity contribution in [3.05, 3.63) is 60.0 Å². The van der Waals surface area contributed by atoms with Crippen molar-refractivity contribution in [2.45, 2.75) is 17.6 Å². The molecule has 106 valence electrons.